The summed E-state index contributed by atoms with van der Waals surface area (Å²) in [6.45, 7) is 3.51. The number of benzene rings is 3. The molecule has 0 fully saturated rings. The number of hydrogen-bond donors (Lipinski definition) is 1. The fourth-order valence-corrected chi connectivity index (χ4v) is 4.63. The van der Waals surface area contributed by atoms with Gasteiger partial charge in [0.15, 0.2) is 0 Å². The number of nitrogens with one attached hydrogen (secondary N) is 1. The van der Waals surface area contributed by atoms with Crippen LogP contribution in [0, 0.1) is 6.92 Å². The van der Waals surface area contributed by atoms with Crippen molar-refractivity contribution in [3.63, 3.8) is 0 Å². The lowest BCUT2D eigenvalue weighted by Gasteiger charge is -2.16. The summed E-state index contributed by atoms with van der Waals surface area (Å²) in [5.41, 5.74) is 3.50. The Balaban J connectivity index is 1.43. The number of amidine groups is 1. The number of aliphatic imine (C=N–C) groups is 1. The van der Waals surface area contributed by atoms with Gasteiger partial charge < -0.3 is 10.2 Å². The van der Waals surface area contributed by atoms with E-state index < -0.39 is 0 Å². The zero-order valence-electron chi connectivity index (χ0n) is 18.1. The van der Waals surface area contributed by atoms with Gasteiger partial charge in [0, 0.05) is 29.3 Å². The molecule has 4 aromatic rings. The normalized spacial score (nSPS) is 13.5. The number of halogens is 2. The van der Waals surface area contributed by atoms with E-state index in [1.54, 1.807) is 16.8 Å². The number of aryl methyl sites for hydroxylation is 1. The van der Waals surface area contributed by atoms with Crippen LogP contribution in [0.1, 0.15) is 21.7 Å². The first-order valence-electron chi connectivity index (χ1n) is 10.5. The van der Waals surface area contributed by atoms with Crippen molar-refractivity contribution in [3.8, 4) is 5.69 Å². The number of fused-ring (bicyclic) bond motifs is 1. The molecule has 1 aliphatic heterocycles. The van der Waals surface area contributed by atoms with E-state index in [-0.39, 0.29) is 5.91 Å². The molecule has 0 unspecified atom stereocenters. The molecule has 1 aromatic heterocycles. The number of amides is 1. The van der Waals surface area contributed by atoms with Crippen LogP contribution in [0.4, 0.5) is 5.69 Å². The first kappa shape index (κ1) is 21.7. The third-order valence-electron chi connectivity index (χ3n) is 5.62. The average molecular weight is 523 g/mol. The number of carbonyl (C=O) groups is 1. The van der Waals surface area contributed by atoms with Gasteiger partial charge in [0.25, 0.3) is 5.91 Å². The van der Waals surface area contributed by atoms with Crippen LogP contribution < -0.4 is 5.32 Å². The van der Waals surface area contributed by atoms with Crippen molar-refractivity contribution in [1.82, 2.24) is 14.7 Å². The molecule has 0 atom stereocenters. The Morgan fingerprint density at radius 1 is 1.06 bits per heavy atom. The molecule has 1 amide bonds. The van der Waals surface area contributed by atoms with Crippen molar-refractivity contribution in [3.05, 3.63) is 87.1 Å². The van der Waals surface area contributed by atoms with E-state index in [0.29, 0.717) is 16.4 Å². The largest absolute Gasteiger partial charge is 0.358 e. The van der Waals surface area contributed by atoms with Gasteiger partial charge in [0.2, 0.25) is 0 Å². The molecule has 0 spiro atoms. The lowest BCUT2D eigenvalue weighted by atomic mass is 10.1. The molecule has 1 aliphatic rings. The van der Waals surface area contributed by atoms with Crippen LogP contribution in [0.5, 0.6) is 0 Å². The summed E-state index contributed by atoms with van der Waals surface area (Å²) < 4.78 is 2.69. The summed E-state index contributed by atoms with van der Waals surface area (Å²) >= 11 is 10.0. The van der Waals surface area contributed by atoms with Gasteiger partial charge in [-0.05, 0) is 66.2 Å². The summed E-state index contributed by atoms with van der Waals surface area (Å²) in [6, 6.07) is 19.4. The van der Waals surface area contributed by atoms with Crippen LogP contribution in [0.15, 0.2) is 70.1 Å². The van der Waals surface area contributed by atoms with Gasteiger partial charge in [-0.3, -0.25) is 9.79 Å². The molecule has 1 N–H and O–H groups in total. The Bertz CT molecular complexity index is 1430. The minimum atomic E-state index is -0.259. The van der Waals surface area contributed by atoms with Crippen molar-refractivity contribution in [2.24, 2.45) is 4.99 Å². The lowest BCUT2D eigenvalue weighted by molar-refractivity contribution is 0.101. The highest BCUT2D eigenvalue weighted by atomic mass is 79.9. The minimum Gasteiger partial charge on any atom is -0.358 e. The van der Waals surface area contributed by atoms with E-state index in [1.165, 1.54) is 0 Å². The summed E-state index contributed by atoms with van der Waals surface area (Å²) in [4.78, 5) is 19.8. The molecular formula is C25H21BrClN5O. The van der Waals surface area contributed by atoms with E-state index in [2.05, 4.69) is 42.3 Å². The molecule has 166 valence electrons. The molecule has 0 radical (unpaired) electrons. The lowest BCUT2D eigenvalue weighted by Crippen LogP contribution is -2.23. The number of rotatable bonds is 4. The number of aromatic nitrogens is 2. The Kier molecular flexibility index (Phi) is 5.68. The maximum atomic E-state index is 13.2. The first-order chi connectivity index (χ1) is 15.9. The second kappa shape index (κ2) is 8.65. The van der Waals surface area contributed by atoms with Crippen LogP contribution in [0.25, 0.3) is 16.5 Å². The number of anilines is 1. The van der Waals surface area contributed by atoms with Gasteiger partial charge in [-0.2, -0.15) is 5.10 Å². The van der Waals surface area contributed by atoms with Gasteiger partial charge in [-0.15, -0.1) is 0 Å². The average Bonchev–Trinajstić information content (AvgIpc) is 3.39. The monoisotopic (exact) mass is 521 g/mol. The minimum absolute atomic E-state index is 0.259. The maximum Gasteiger partial charge on any atom is 0.274 e. The van der Waals surface area contributed by atoms with E-state index in [4.69, 9.17) is 11.6 Å². The van der Waals surface area contributed by atoms with Gasteiger partial charge in [-0.25, -0.2) is 4.68 Å². The van der Waals surface area contributed by atoms with Crippen LogP contribution in [0.2, 0.25) is 5.02 Å². The zero-order chi connectivity index (χ0) is 23.1. The zero-order valence-corrected chi connectivity index (χ0v) is 20.5. The van der Waals surface area contributed by atoms with Gasteiger partial charge in [0.1, 0.15) is 11.5 Å². The molecule has 3 aromatic carbocycles. The predicted octanol–water partition coefficient (Wildman–Crippen LogP) is 5.69. The fourth-order valence-electron chi connectivity index (χ4n) is 3.99. The third kappa shape index (κ3) is 4.26. The Morgan fingerprint density at radius 2 is 1.85 bits per heavy atom. The second-order valence-corrected chi connectivity index (χ2v) is 9.36. The molecule has 0 bridgehead atoms. The second-order valence-electron chi connectivity index (χ2n) is 8.03. The van der Waals surface area contributed by atoms with Gasteiger partial charge >= 0.3 is 0 Å². The number of hydrogen-bond acceptors (Lipinski definition) is 4. The molecule has 8 heteroatoms. The number of likely N-dealkylation sites (N-methyl/N-ethyl adjacent to an activating group) is 1. The van der Waals surface area contributed by atoms with Gasteiger partial charge in [-0.1, -0.05) is 39.7 Å². The molecule has 5 rings (SSSR count). The molecule has 0 aliphatic carbocycles. The highest BCUT2D eigenvalue weighted by Crippen LogP contribution is 2.26. The number of nitrogens with zero attached hydrogens (tertiary/aromatic N) is 4. The summed E-state index contributed by atoms with van der Waals surface area (Å²) in [5, 5.41) is 10.2. The quantitative estimate of drug-likeness (QED) is 0.374. The van der Waals surface area contributed by atoms with Crippen molar-refractivity contribution in [2.45, 2.75) is 6.92 Å². The standard InChI is InChI=1S/C25H21BrClN5O/c1-15-11-23(32(30-15)20-7-4-16-12-18(26)5-3-17(16)13-20)25(33)29-19-6-8-21(22(27)14-19)24-28-9-10-31(24)2/h3-8,11-14H,9-10H2,1-2H3,(H,29,33). The highest BCUT2D eigenvalue weighted by molar-refractivity contribution is 9.10. The van der Waals surface area contributed by atoms with E-state index in [0.717, 1.165) is 51.1 Å². The first-order valence-corrected chi connectivity index (χ1v) is 11.7. The molecule has 0 saturated heterocycles. The summed E-state index contributed by atoms with van der Waals surface area (Å²) in [5.74, 6) is 0.612. The van der Waals surface area contributed by atoms with Crippen LogP contribution in [-0.2, 0) is 0 Å². The summed E-state index contributed by atoms with van der Waals surface area (Å²) in [7, 11) is 1.99. The van der Waals surface area contributed by atoms with Crippen molar-refractivity contribution < 1.29 is 4.79 Å². The predicted molar refractivity (Wildman–Crippen MR) is 137 cm³/mol. The Hall–Kier alpha value is -3.16. The molecule has 6 nitrogen and oxygen atoms in total. The highest BCUT2D eigenvalue weighted by Gasteiger charge is 2.19. The maximum absolute atomic E-state index is 13.2. The van der Waals surface area contributed by atoms with E-state index in [9.17, 15) is 4.79 Å². The van der Waals surface area contributed by atoms with Crippen molar-refractivity contribution in [2.75, 3.05) is 25.5 Å². The summed E-state index contributed by atoms with van der Waals surface area (Å²) in [6.07, 6.45) is 0. The van der Waals surface area contributed by atoms with Crippen molar-refractivity contribution >= 4 is 55.7 Å². The SMILES string of the molecule is Cc1cc(C(=O)Nc2ccc(C3=NCCN3C)c(Cl)c2)n(-c2ccc3cc(Br)ccc3c2)n1. The van der Waals surface area contributed by atoms with Crippen molar-refractivity contribution in [1.29, 1.82) is 0 Å². The van der Waals surface area contributed by atoms with Crippen LogP contribution >= 0.6 is 27.5 Å². The Morgan fingerprint density at radius 3 is 2.61 bits per heavy atom. The fraction of sp³-hybridized carbons (Fsp3) is 0.160. The number of carbonyl (C=O) groups excluding carboxylic acids is 1. The molecule has 33 heavy (non-hydrogen) atoms. The molecule has 2 heterocycles. The molecule has 0 saturated carbocycles. The van der Waals surface area contributed by atoms with E-state index in [1.807, 2.05) is 56.4 Å². The Labute approximate surface area is 205 Å². The van der Waals surface area contributed by atoms with E-state index >= 15 is 0 Å². The topological polar surface area (TPSA) is 62.5 Å². The smallest absolute Gasteiger partial charge is 0.274 e. The van der Waals surface area contributed by atoms with Crippen LogP contribution in [0.3, 0.4) is 0 Å². The third-order valence-corrected chi connectivity index (χ3v) is 6.43. The van der Waals surface area contributed by atoms with Crippen LogP contribution in [-0.4, -0.2) is 46.6 Å². The molecular weight excluding hydrogens is 502 g/mol. The van der Waals surface area contributed by atoms with Gasteiger partial charge in [0.05, 0.1) is 22.9 Å².